The highest BCUT2D eigenvalue weighted by Gasteiger charge is 2.18. The molecule has 0 fully saturated rings. The Kier molecular flexibility index (Phi) is 7.75. The molecule has 1 aliphatic heterocycles. The average Bonchev–Trinajstić information content (AvgIpc) is 3.34. The second kappa shape index (κ2) is 11.7. The van der Waals surface area contributed by atoms with Crippen molar-refractivity contribution in [3.63, 3.8) is 0 Å². The average molecular weight is 519 g/mol. The lowest BCUT2D eigenvalue weighted by molar-refractivity contribution is -0.113. The number of hydrogen-bond acceptors (Lipinski definition) is 8. The SMILES string of the molecule is CCOc1ccc(-n2c(COc3ccccc3)nnc2SCC(=O)Nc2ccc3c(c2)OCCO3)cc1. The lowest BCUT2D eigenvalue weighted by atomic mass is 10.2. The van der Waals surface area contributed by atoms with E-state index in [1.807, 2.05) is 66.1 Å². The third kappa shape index (κ3) is 6.15. The summed E-state index contributed by atoms with van der Waals surface area (Å²) in [4.78, 5) is 12.7. The van der Waals surface area contributed by atoms with Gasteiger partial charge in [0.25, 0.3) is 0 Å². The molecule has 37 heavy (non-hydrogen) atoms. The quantitative estimate of drug-likeness (QED) is 0.301. The van der Waals surface area contributed by atoms with Gasteiger partial charge in [-0.25, -0.2) is 0 Å². The third-order valence-electron chi connectivity index (χ3n) is 5.38. The molecular formula is C27H26N4O5S. The summed E-state index contributed by atoms with van der Waals surface area (Å²) in [5, 5.41) is 12.2. The van der Waals surface area contributed by atoms with Gasteiger partial charge in [0.15, 0.2) is 22.5 Å². The highest BCUT2D eigenvalue weighted by molar-refractivity contribution is 7.99. The number of ether oxygens (including phenoxy) is 4. The lowest BCUT2D eigenvalue weighted by Crippen LogP contribution is -2.17. The minimum atomic E-state index is -0.176. The van der Waals surface area contributed by atoms with E-state index in [0.29, 0.717) is 48.0 Å². The second-order valence-corrected chi connectivity index (χ2v) is 8.90. The summed E-state index contributed by atoms with van der Waals surface area (Å²) in [5.41, 5.74) is 1.48. The Balaban J connectivity index is 1.30. The van der Waals surface area contributed by atoms with Gasteiger partial charge in [-0.15, -0.1) is 10.2 Å². The van der Waals surface area contributed by atoms with Crippen LogP contribution >= 0.6 is 11.8 Å². The summed E-state index contributed by atoms with van der Waals surface area (Å²) in [6.07, 6.45) is 0. The molecule has 2 heterocycles. The molecule has 190 valence electrons. The number of thioether (sulfide) groups is 1. The molecule has 0 saturated carbocycles. The van der Waals surface area contributed by atoms with Gasteiger partial charge in [0, 0.05) is 17.4 Å². The minimum Gasteiger partial charge on any atom is -0.494 e. The van der Waals surface area contributed by atoms with E-state index >= 15 is 0 Å². The molecule has 0 spiro atoms. The molecule has 1 N–H and O–H groups in total. The van der Waals surface area contributed by atoms with Crippen molar-refractivity contribution < 1.29 is 23.7 Å². The van der Waals surface area contributed by atoms with Gasteiger partial charge in [-0.1, -0.05) is 30.0 Å². The maximum atomic E-state index is 12.7. The third-order valence-corrected chi connectivity index (χ3v) is 6.30. The van der Waals surface area contributed by atoms with Crippen LogP contribution in [0.4, 0.5) is 5.69 Å². The molecule has 0 radical (unpaired) electrons. The van der Waals surface area contributed by atoms with E-state index < -0.39 is 0 Å². The molecule has 0 saturated heterocycles. The first-order valence-electron chi connectivity index (χ1n) is 11.9. The van der Waals surface area contributed by atoms with Crippen LogP contribution in [0.1, 0.15) is 12.7 Å². The van der Waals surface area contributed by atoms with Crippen LogP contribution in [0.5, 0.6) is 23.0 Å². The number of nitrogens with zero attached hydrogens (tertiary/aromatic N) is 3. The zero-order valence-corrected chi connectivity index (χ0v) is 21.1. The number of aromatic nitrogens is 3. The fraction of sp³-hybridized carbons (Fsp3) is 0.222. The molecule has 1 amide bonds. The Morgan fingerprint density at radius 1 is 0.946 bits per heavy atom. The van der Waals surface area contributed by atoms with Gasteiger partial charge in [-0.2, -0.15) is 0 Å². The molecule has 9 nitrogen and oxygen atoms in total. The number of nitrogens with one attached hydrogen (secondary N) is 1. The molecule has 10 heteroatoms. The van der Waals surface area contributed by atoms with Gasteiger partial charge in [-0.05, 0) is 55.5 Å². The van der Waals surface area contributed by atoms with Gasteiger partial charge >= 0.3 is 0 Å². The van der Waals surface area contributed by atoms with Gasteiger partial charge < -0.3 is 24.3 Å². The minimum absolute atomic E-state index is 0.142. The first-order valence-corrected chi connectivity index (χ1v) is 12.9. The Morgan fingerprint density at radius 3 is 2.49 bits per heavy atom. The van der Waals surface area contributed by atoms with Crippen LogP contribution in [-0.2, 0) is 11.4 Å². The summed E-state index contributed by atoms with van der Waals surface area (Å²) >= 11 is 1.29. The Bertz CT molecular complexity index is 1340. The molecule has 1 aliphatic rings. The molecular weight excluding hydrogens is 492 g/mol. The molecule has 4 aromatic rings. The van der Waals surface area contributed by atoms with Crippen LogP contribution in [-0.4, -0.2) is 46.2 Å². The lowest BCUT2D eigenvalue weighted by Gasteiger charge is -2.19. The van der Waals surface area contributed by atoms with E-state index in [9.17, 15) is 4.79 Å². The van der Waals surface area contributed by atoms with Crippen LogP contribution in [0, 0.1) is 0 Å². The second-order valence-electron chi connectivity index (χ2n) is 7.96. The summed E-state index contributed by atoms with van der Waals surface area (Å²) in [6.45, 7) is 3.74. The number of fused-ring (bicyclic) bond motifs is 1. The van der Waals surface area contributed by atoms with E-state index in [1.165, 1.54) is 11.8 Å². The van der Waals surface area contributed by atoms with Crippen molar-refractivity contribution in [2.24, 2.45) is 0 Å². The summed E-state index contributed by atoms with van der Waals surface area (Å²) in [6, 6.07) is 22.5. The van der Waals surface area contributed by atoms with Gasteiger partial charge in [-0.3, -0.25) is 9.36 Å². The number of amides is 1. The molecule has 5 rings (SSSR count). The van der Waals surface area contributed by atoms with Crippen LogP contribution in [0.25, 0.3) is 5.69 Å². The number of anilines is 1. The van der Waals surface area contributed by atoms with Crippen molar-refractivity contribution in [2.75, 3.05) is 30.9 Å². The van der Waals surface area contributed by atoms with Crippen LogP contribution in [0.15, 0.2) is 78.0 Å². The molecule has 0 unspecified atom stereocenters. The summed E-state index contributed by atoms with van der Waals surface area (Å²) < 4.78 is 24.5. The van der Waals surface area contributed by atoms with E-state index in [-0.39, 0.29) is 18.3 Å². The summed E-state index contributed by atoms with van der Waals surface area (Å²) in [7, 11) is 0. The van der Waals surface area contributed by atoms with E-state index in [2.05, 4.69) is 15.5 Å². The first-order chi connectivity index (χ1) is 18.2. The van der Waals surface area contributed by atoms with Gasteiger partial charge in [0.1, 0.15) is 31.3 Å². The molecule has 1 aromatic heterocycles. The predicted molar refractivity (Wildman–Crippen MR) is 140 cm³/mol. The van der Waals surface area contributed by atoms with Crippen molar-refractivity contribution in [1.82, 2.24) is 14.8 Å². The Morgan fingerprint density at radius 2 is 1.70 bits per heavy atom. The van der Waals surface area contributed by atoms with Crippen molar-refractivity contribution in [3.8, 4) is 28.7 Å². The fourth-order valence-electron chi connectivity index (χ4n) is 3.72. The van der Waals surface area contributed by atoms with Crippen LogP contribution < -0.4 is 24.3 Å². The number of benzene rings is 3. The van der Waals surface area contributed by atoms with E-state index in [1.54, 1.807) is 18.2 Å². The number of carbonyl (C=O) groups excluding carboxylic acids is 1. The van der Waals surface area contributed by atoms with Crippen molar-refractivity contribution >= 4 is 23.4 Å². The van der Waals surface area contributed by atoms with Crippen LogP contribution in [0.3, 0.4) is 0 Å². The standard InChI is InChI=1S/C27H26N4O5S/c1-2-33-22-11-9-20(10-12-22)31-25(17-36-21-6-4-3-5-7-21)29-30-27(31)37-18-26(32)28-19-8-13-23-24(16-19)35-15-14-34-23/h3-13,16H,2,14-15,17-18H2,1H3,(H,28,32). The smallest absolute Gasteiger partial charge is 0.234 e. The monoisotopic (exact) mass is 518 g/mol. The van der Waals surface area contributed by atoms with Gasteiger partial charge in [0.2, 0.25) is 5.91 Å². The predicted octanol–water partition coefficient (Wildman–Crippen LogP) is 4.75. The van der Waals surface area contributed by atoms with Crippen LogP contribution in [0.2, 0.25) is 0 Å². The number of rotatable bonds is 10. The highest BCUT2D eigenvalue weighted by Crippen LogP contribution is 2.33. The topological polar surface area (TPSA) is 96.7 Å². The number of para-hydroxylation sites is 1. The normalized spacial score (nSPS) is 12.1. The fourth-order valence-corrected chi connectivity index (χ4v) is 4.49. The Labute approximate surface area is 218 Å². The molecule has 0 bridgehead atoms. The van der Waals surface area contributed by atoms with E-state index in [0.717, 1.165) is 17.2 Å². The number of hydrogen-bond donors (Lipinski definition) is 1. The van der Waals surface area contributed by atoms with Crippen molar-refractivity contribution in [2.45, 2.75) is 18.7 Å². The van der Waals surface area contributed by atoms with E-state index in [4.69, 9.17) is 18.9 Å². The maximum absolute atomic E-state index is 12.7. The molecule has 0 atom stereocenters. The van der Waals surface area contributed by atoms with Crippen molar-refractivity contribution in [3.05, 3.63) is 78.6 Å². The highest BCUT2D eigenvalue weighted by atomic mass is 32.2. The zero-order chi connectivity index (χ0) is 25.5. The molecule has 3 aromatic carbocycles. The maximum Gasteiger partial charge on any atom is 0.234 e. The molecule has 0 aliphatic carbocycles. The largest absolute Gasteiger partial charge is 0.494 e. The zero-order valence-electron chi connectivity index (χ0n) is 20.3. The van der Waals surface area contributed by atoms with Gasteiger partial charge in [0.05, 0.1) is 12.4 Å². The van der Waals surface area contributed by atoms with Crippen molar-refractivity contribution in [1.29, 1.82) is 0 Å². The Hall–Kier alpha value is -4.18. The first kappa shape index (κ1) is 24.5. The number of carbonyl (C=O) groups is 1. The summed E-state index contributed by atoms with van der Waals surface area (Å²) in [5.74, 6) is 3.38.